The highest BCUT2D eigenvalue weighted by molar-refractivity contribution is 4.47. The first kappa shape index (κ1) is 13.5. The van der Waals surface area contributed by atoms with Crippen molar-refractivity contribution in [2.24, 2.45) is 0 Å². The largest absolute Gasteiger partial charge is 0.499 e. The summed E-state index contributed by atoms with van der Waals surface area (Å²) in [7, 11) is 0. The summed E-state index contributed by atoms with van der Waals surface area (Å²) in [4.78, 5) is 0. The molecule has 0 radical (unpaired) electrons. The van der Waals surface area contributed by atoms with Crippen LogP contribution in [0.4, 0.5) is 0 Å². The summed E-state index contributed by atoms with van der Waals surface area (Å²) < 4.78 is 15.5. The zero-order valence-electron chi connectivity index (χ0n) is 9.17. The fraction of sp³-hybridized carbons (Fsp3) is 0.818. The van der Waals surface area contributed by atoms with E-state index in [2.05, 4.69) is 13.5 Å². The fourth-order valence-corrected chi connectivity index (χ4v) is 0.966. The monoisotopic (exact) mass is 202 g/mol. The van der Waals surface area contributed by atoms with Gasteiger partial charge in [-0.25, -0.2) is 0 Å². The van der Waals surface area contributed by atoms with Crippen LogP contribution < -0.4 is 0 Å². The summed E-state index contributed by atoms with van der Waals surface area (Å²) in [6.07, 6.45) is 5.05. The van der Waals surface area contributed by atoms with Crippen LogP contribution in [0.1, 0.15) is 26.2 Å². The Morgan fingerprint density at radius 2 is 1.57 bits per heavy atom. The summed E-state index contributed by atoms with van der Waals surface area (Å²) >= 11 is 0. The van der Waals surface area contributed by atoms with Gasteiger partial charge in [0.05, 0.1) is 26.1 Å². The maximum atomic E-state index is 5.36. The predicted octanol–water partition coefficient (Wildman–Crippen LogP) is 2.37. The molecule has 0 rings (SSSR count). The van der Waals surface area contributed by atoms with Crippen LogP contribution in [0.5, 0.6) is 0 Å². The zero-order chi connectivity index (χ0) is 10.5. The van der Waals surface area contributed by atoms with E-state index in [0.717, 1.165) is 13.0 Å². The maximum absolute atomic E-state index is 5.36. The van der Waals surface area contributed by atoms with Gasteiger partial charge in [-0.3, -0.25) is 0 Å². The van der Waals surface area contributed by atoms with Crippen molar-refractivity contribution in [2.45, 2.75) is 26.2 Å². The normalized spacial score (nSPS) is 10.1. The highest BCUT2D eigenvalue weighted by Crippen LogP contribution is 1.93. The molecule has 0 aromatic rings. The van der Waals surface area contributed by atoms with Crippen molar-refractivity contribution < 1.29 is 14.2 Å². The van der Waals surface area contributed by atoms with Gasteiger partial charge >= 0.3 is 0 Å². The molecule has 3 nitrogen and oxygen atoms in total. The van der Waals surface area contributed by atoms with Crippen LogP contribution in [0.2, 0.25) is 0 Å². The van der Waals surface area contributed by atoms with Gasteiger partial charge in [-0.15, -0.1) is 0 Å². The van der Waals surface area contributed by atoms with Gasteiger partial charge in [-0.2, -0.15) is 0 Å². The SMILES string of the molecule is C=COCCOCCOCCCCC. The van der Waals surface area contributed by atoms with Crippen molar-refractivity contribution in [3.8, 4) is 0 Å². The second kappa shape index (κ2) is 12.5. The molecule has 84 valence electrons. The molecule has 0 unspecified atom stereocenters. The van der Waals surface area contributed by atoms with Crippen molar-refractivity contribution >= 4 is 0 Å². The smallest absolute Gasteiger partial charge is 0.111 e. The third-order valence-electron chi connectivity index (χ3n) is 1.73. The molecule has 0 aromatic heterocycles. The second-order valence-corrected chi connectivity index (χ2v) is 2.97. The minimum atomic E-state index is 0.569. The van der Waals surface area contributed by atoms with Crippen molar-refractivity contribution in [3.05, 3.63) is 12.8 Å². The first-order valence-corrected chi connectivity index (χ1v) is 5.29. The van der Waals surface area contributed by atoms with Crippen LogP contribution >= 0.6 is 0 Å². The lowest BCUT2D eigenvalue weighted by molar-refractivity contribution is 0.0297. The van der Waals surface area contributed by atoms with Crippen LogP contribution in [0.3, 0.4) is 0 Å². The summed E-state index contributed by atoms with van der Waals surface area (Å²) in [6, 6.07) is 0. The molecule has 0 spiro atoms. The minimum Gasteiger partial charge on any atom is -0.499 e. The zero-order valence-corrected chi connectivity index (χ0v) is 9.17. The summed E-state index contributed by atoms with van der Waals surface area (Å²) in [5.74, 6) is 0. The predicted molar refractivity (Wildman–Crippen MR) is 57.3 cm³/mol. The van der Waals surface area contributed by atoms with E-state index in [1.807, 2.05) is 0 Å². The van der Waals surface area contributed by atoms with Gasteiger partial charge in [0.2, 0.25) is 0 Å². The second-order valence-electron chi connectivity index (χ2n) is 2.97. The molecule has 0 N–H and O–H groups in total. The lowest BCUT2D eigenvalue weighted by atomic mass is 10.3. The average Bonchev–Trinajstić information content (AvgIpc) is 2.21. The molecule has 0 amide bonds. The molecule has 0 atom stereocenters. The van der Waals surface area contributed by atoms with Gasteiger partial charge in [-0.1, -0.05) is 26.3 Å². The topological polar surface area (TPSA) is 27.7 Å². The van der Waals surface area contributed by atoms with Gasteiger partial charge in [0.15, 0.2) is 0 Å². The van der Waals surface area contributed by atoms with Gasteiger partial charge in [0, 0.05) is 6.61 Å². The maximum Gasteiger partial charge on any atom is 0.111 e. The third kappa shape index (κ3) is 11.5. The van der Waals surface area contributed by atoms with Crippen LogP contribution in [0, 0.1) is 0 Å². The van der Waals surface area contributed by atoms with Crippen molar-refractivity contribution in [1.82, 2.24) is 0 Å². The Hall–Kier alpha value is -0.540. The molecule has 0 aliphatic heterocycles. The van der Waals surface area contributed by atoms with E-state index in [1.165, 1.54) is 19.1 Å². The summed E-state index contributed by atoms with van der Waals surface area (Å²) in [5, 5.41) is 0. The first-order valence-electron chi connectivity index (χ1n) is 5.29. The first-order chi connectivity index (χ1) is 6.91. The minimum absolute atomic E-state index is 0.569. The van der Waals surface area contributed by atoms with Crippen LogP contribution in [-0.4, -0.2) is 33.0 Å². The number of unbranched alkanes of at least 4 members (excludes halogenated alkanes) is 2. The quantitative estimate of drug-likeness (QED) is 0.380. The Kier molecular flexibility index (Phi) is 12.0. The Bertz CT molecular complexity index is 115. The Morgan fingerprint density at radius 1 is 0.929 bits per heavy atom. The highest BCUT2D eigenvalue weighted by Gasteiger charge is 1.90. The Morgan fingerprint density at radius 3 is 2.21 bits per heavy atom. The molecule has 0 heterocycles. The van der Waals surface area contributed by atoms with Crippen molar-refractivity contribution in [1.29, 1.82) is 0 Å². The molecule has 0 bridgehead atoms. The van der Waals surface area contributed by atoms with Gasteiger partial charge in [-0.05, 0) is 6.42 Å². The van der Waals surface area contributed by atoms with E-state index in [4.69, 9.17) is 14.2 Å². The average molecular weight is 202 g/mol. The molecule has 0 fully saturated rings. The van der Waals surface area contributed by atoms with E-state index in [9.17, 15) is 0 Å². The third-order valence-corrected chi connectivity index (χ3v) is 1.73. The molecule has 0 saturated carbocycles. The van der Waals surface area contributed by atoms with E-state index in [-0.39, 0.29) is 0 Å². The number of rotatable bonds is 11. The van der Waals surface area contributed by atoms with E-state index < -0.39 is 0 Å². The fourth-order valence-electron chi connectivity index (χ4n) is 0.966. The molecular weight excluding hydrogens is 180 g/mol. The lowest BCUT2D eigenvalue weighted by Gasteiger charge is -2.05. The Balaban J connectivity index is 2.81. The van der Waals surface area contributed by atoms with Gasteiger partial charge in [0.1, 0.15) is 6.61 Å². The Labute approximate surface area is 87.0 Å². The van der Waals surface area contributed by atoms with Crippen LogP contribution in [0.25, 0.3) is 0 Å². The van der Waals surface area contributed by atoms with Crippen LogP contribution in [-0.2, 0) is 14.2 Å². The standard InChI is InChI=1S/C11H22O3/c1-3-5-6-7-13-10-11-14-9-8-12-4-2/h4H,2-3,5-11H2,1H3. The van der Waals surface area contributed by atoms with Crippen molar-refractivity contribution in [3.63, 3.8) is 0 Å². The van der Waals surface area contributed by atoms with Gasteiger partial charge in [0.25, 0.3) is 0 Å². The van der Waals surface area contributed by atoms with E-state index in [1.54, 1.807) is 0 Å². The highest BCUT2D eigenvalue weighted by atomic mass is 16.5. The molecule has 0 aromatic carbocycles. The molecule has 3 heteroatoms. The number of hydrogen-bond acceptors (Lipinski definition) is 3. The number of ether oxygens (including phenoxy) is 3. The van der Waals surface area contributed by atoms with Crippen LogP contribution in [0.15, 0.2) is 12.8 Å². The number of hydrogen-bond donors (Lipinski definition) is 0. The van der Waals surface area contributed by atoms with Crippen molar-refractivity contribution in [2.75, 3.05) is 33.0 Å². The molecule has 0 aliphatic rings. The molecule has 0 saturated heterocycles. The molecular formula is C11H22O3. The molecule has 14 heavy (non-hydrogen) atoms. The lowest BCUT2D eigenvalue weighted by Crippen LogP contribution is -2.08. The summed E-state index contributed by atoms with van der Waals surface area (Å²) in [6.45, 7) is 8.96. The summed E-state index contributed by atoms with van der Waals surface area (Å²) in [5.41, 5.74) is 0. The van der Waals surface area contributed by atoms with E-state index in [0.29, 0.717) is 26.4 Å². The van der Waals surface area contributed by atoms with E-state index >= 15 is 0 Å². The molecule has 0 aliphatic carbocycles. The van der Waals surface area contributed by atoms with Gasteiger partial charge < -0.3 is 14.2 Å².